The molecular weight excluding hydrogens is 382 g/mol. The number of hydrogen-bond donors (Lipinski definition) is 1. The van der Waals surface area contributed by atoms with Gasteiger partial charge in [-0.1, -0.05) is 31.2 Å². The molecule has 1 amide bonds. The Kier molecular flexibility index (Phi) is 6.29. The monoisotopic (exact) mass is 407 g/mol. The highest BCUT2D eigenvalue weighted by Crippen LogP contribution is 2.25. The summed E-state index contributed by atoms with van der Waals surface area (Å²) in [6.07, 6.45) is 3.75. The van der Waals surface area contributed by atoms with Crippen LogP contribution in [0, 0.1) is 0 Å². The first kappa shape index (κ1) is 20.0. The summed E-state index contributed by atoms with van der Waals surface area (Å²) in [7, 11) is -3.20. The molecule has 2 heterocycles. The van der Waals surface area contributed by atoms with Crippen molar-refractivity contribution >= 4 is 27.3 Å². The molecule has 1 aliphatic rings. The number of benzene rings is 1. The molecule has 8 heteroatoms. The second kappa shape index (κ2) is 8.50. The van der Waals surface area contributed by atoms with Crippen molar-refractivity contribution in [2.24, 2.45) is 0 Å². The molecule has 0 unspecified atom stereocenters. The molecule has 1 aliphatic heterocycles. The molecule has 1 N–H and O–H groups in total. The predicted molar refractivity (Wildman–Crippen MR) is 108 cm³/mol. The molecule has 146 valence electrons. The van der Waals surface area contributed by atoms with Crippen LogP contribution in [0.15, 0.2) is 29.6 Å². The second-order valence-electron chi connectivity index (χ2n) is 6.92. The van der Waals surface area contributed by atoms with Crippen molar-refractivity contribution in [3.63, 3.8) is 0 Å². The summed E-state index contributed by atoms with van der Waals surface area (Å²) >= 11 is 1.55. The van der Waals surface area contributed by atoms with Gasteiger partial charge in [0.25, 0.3) is 0 Å². The third-order valence-corrected chi connectivity index (χ3v) is 6.42. The first-order valence-electron chi connectivity index (χ1n) is 9.13. The van der Waals surface area contributed by atoms with Crippen LogP contribution in [0.2, 0.25) is 0 Å². The molecule has 0 bridgehead atoms. The topological polar surface area (TPSA) is 79.4 Å². The van der Waals surface area contributed by atoms with Crippen molar-refractivity contribution in [3.8, 4) is 10.6 Å². The smallest absolute Gasteiger partial charge is 0.228 e. The van der Waals surface area contributed by atoms with E-state index in [1.807, 2.05) is 5.38 Å². The van der Waals surface area contributed by atoms with Crippen LogP contribution in [0.1, 0.15) is 31.0 Å². The Morgan fingerprint density at radius 1 is 1.26 bits per heavy atom. The Balaban J connectivity index is 1.55. The fraction of sp³-hybridized carbons (Fsp3) is 0.474. The van der Waals surface area contributed by atoms with Gasteiger partial charge in [0.05, 0.1) is 18.4 Å². The van der Waals surface area contributed by atoms with Crippen LogP contribution >= 0.6 is 11.3 Å². The summed E-state index contributed by atoms with van der Waals surface area (Å²) in [5, 5.41) is 2.87. The quantitative estimate of drug-likeness (QED) is 0.798. The number of rotatable bonds is 6. The zero-order valence-electron chi connectivity index (χ0n) is 15.6. The minimum Gasteiger partial charge on any atom is -0.342 e. The van der Waals surface area contributed by atoms with Gasteiger partial charge in [-0.3, -0.25) is 4.79 Å². The zero-order chi connectivity index (χ0) is 19.4. The lowest BCUT2D eigenvalue weighted by atomic mass is 10.1. The van der Waals surface area contributed by atoms with Crippen molar-refractivity contribution < 1.29 is 13.2 Å². The van der Waals surface area contributed by atoms with Crippen LogP contribution in [0.3, 0.4) is 0 Å². The largest absolute Gasteiger partial charge is 0.342 e. The van der Waals surface area contributed by atoms with Gasteiger partial charge in [0, 0.05) is 30.1 Å². The minimum absolute atomic E-state index is 0.0472. The van der Waals surface area contributed by atoms with Crippen molar-refractivity contribution in [2.45, 2.75) is 38.6 Å². The van der Waals surface area contributed by atoms with E-state index in [1.165, 1.54) is 11.8 Å². The van der Waals surface area contributed by atoms with E-state index >= 15 is 0 Å². The summed E-state index contributed by atoms with van der Waals surface area (Å²) in [6, 6.07) is 8.28. The van der Waals surface area contributed by atoms with Crippen molar-refractivity contribution in [1.82, 2.24) is 14.6 Å². The molecule has 1 saturated heterocycles. The number of nitrogens with zero attached hydrogens (tertiary/aromatic N) is 2. The van der Waals surface area contributed by atoms with Crippen LogP contribution in [0.25, 0.3) is 10.6 Å². The lowest BCUT2D eigenvalue weighted by molar-refractivity contribution is -0.131. The van der Waals surface area contributed by atoms with E-state index in [0.717, 1.165) is 22.7 Å². The predicted octanol–water partition coefficient (Wildman–Crippen LogP) is 2.46. The van der Waals surface area contributed by atoms with Gasteiger partial charge in [0.1, 0.15) is 5.01 Å². The first-order valence-corrected chi connectivity index (χ1v) is 11.9. The average molecular weight is 408 g/mol. The van der Waals surface area contributed by atoms with E-state index in [0.29, 0.717) is 25.9 Å². The highest BCUT2D eigenvalue weighted by molar-refractivity contribution is 7.88. The fourth-order valence-corrected chi connectivity index (χ4v) is 4.89. The number of hydrogen-bond acceptors (Lipinski definition) is 5. The van der Waals surface area contributed by atoms with Crippen LogP contribution in [0.5, 0.6) is 0 Å². The standard InChI is InChI=1S/C19H25N3O3S2/c1-3-14-4-6-15(7-5-14)19-20-17(13-26-19)12-18(23)22-10-8-16(9-11-22)21-27(2,24)25/h4-7,13,16,21H,3,8-12H2,1-2H3. The number of carbonyl (C=O) groups excluding carboxylic acids is 1. The number of aryl methyl sites for hydroxylation is 1. The minimum atomic E-state index is -3.20. The molecule has 0 atom stereocenters. The van der Waals surface area contributed by atoms with Gasteiger partial charge < -0.3 is 4.90 Å². The van der Waals surface area contributed by atoms with E-state index < -0.39 is 10.0 Å². The number of piperidine rings is 1. The number of carbonyl (C=O) groups is 1. The molecule has 1 fully saturated rings. The first-order chi connectivity index (χ1) is 12.8. The summed E-state index contributed by atoms with van der Waals surface area (Å²) in [6.45, 7) is 3.27. The summed E-state index contributed by atoms with van der Waals surface area (Å²) in [5.41, 5.74) is 3.15. The Bertz CT molecular complexity index is 883. The SMILES string of the molecule is CCc1ccc(-c2nc(CC(=O)N3CCC(NS(C)(=O)=O)CC3)cs2)cc1. The van der Waals surface area contributed by atoms with Gasteiger partial charge in [-0.05, 0) is 24.8 Å². The molecule has 2 aromatic rings. The number of amides is 1. The molecule has 0 radical (unpaired) electrons. The van der Waals surface area contributed by atoms with E-state index in [9.17, 15) is 13.2 Å². The molecule has 0 aliphatic carbocycles. The third kappa shape index (κ3) is 5.60. The maximum atomic E-state index is 12.5. The number of likely N-dealkylation sites (tertiary alicyclic amines) is 1. The number of thiazole rings is 1. The number of aromatic nitrogens is 1. The van der Waals surface area contributed by atoms with Gasteiger partial charge >= 0.3 is 0 Å². The molecule has 1 aromatic heterocycles. The third-order valence-electron chi connectivity index (χ3n) is 4.72. The van der Waals surface area contributed by atoms with Crippen molar-refractivity contribution in [1.29, 1.82) is 0 Å². The van der Waals surface area contributed by atoms with Crippen molar-refractivity contribution in [2.75, 3.05) is 19.3 Å². The fourth-order valence-electron chi connectivity index (χ4n) is 3.22. The van der Waals surface area contributed by atoms with E-state index in [2.05, 4.69) is 40.9 Å². The summed E-state index contributed by atoms with van der Waals surface area (Å²) < 4.78 is 25.2. The van der Waals surface area contributed by atoms with Crippen LogP contribution in [-0.2, 0) is 27.7 Å². The summed E-state index contributed by atoms with van der Waals surface area (Å²) in [4.78, 5) is 19.0. The molecule has 0 spiro atoms. The zero-order valence-corrected chi connectivity index (χ0v) is 17.3. The molecule has 27 heavy (non-hydrogen) atoms. The van der Waals surface area contributed by atoms with E-state index in [-0.39, 0.29) is 18.4 Å². The van der Waals surface area contributed by atoms with Gasteiger partial charge in [-0.2, -0.15) is 0 Å². The molecule has 3 rings (SSSR count). The average Bonchev–Trinajstić information content (AvgIpc) is 3.09. The van der Waals surface area contributed by atoms with Crippen LogP contribution < -0.4 is 4.72 Å². The molecule has 1 aromatic carbocycles. The normalized spacial score (nSPS) is 15.9. The van der Waals surface area contributed by atoms with E-state index in [1.54, 1.807) is 16.2 Å². The number of nitrogens with one attached hydrogen (secondary N) is 1. The van der Waals surface area contributed by atoms with Gasteiger partial charge in [-0.15, -0.1) is 11.3 Å². The Morgan fingerprint density at radius 2 is 1.93 bits per heavy atom. The molecule has 0 saturated carbocycles. The lowest BCUT2D eigenvalue weighted by Gasteiger charge is -2.31. The van der Waals surface area contributed by atoms with Gasteiger partial charge in [-0.25, -0.2) is 18.1 Å². The summed E-state index contributed by atoms with van der Waals surface area (Å²) in [5.74, 6) is 0.0472. The van der Waals surface area contributed by atoms with Crippen LogP contribution in [-0.4, -0.2) is 49.6 Å². The Labute approximate surface area is 164 Å². The lowest BCUT2D eigenvalue weighted by Crippen LogP contribution is -2.46. The Morgan fingerprint density at radius 3 is 2.52 bits per heavy atom. The second-order valence-corrected chi connectivity index (χ2v) is 9.55. The number of sulfonamides is 1. The molecular formula is C19H25N3O3S2. The Hall–Kier alpha value is -1.77. The van der Waals surface area contributed by atoms with Gasteiger partial charge in [0.2, 0.25) is 15.9 Å². The van der Waals surface area contributed by atoms with Crippen LogP contribution in [0.4, 0.5) is 0 Å². The highest BCUT2D eigenvalue weighted by Gasteiger charge is 2.25. The van der Waals surface area contributed by atoms with E-state index in [4.69, 9.17) is 0 Å². The molecule has 6 nitrogen and oxygen atoms in total. The maximum absolute atomic E-state index is 12.5. The maximum Gasteiger partial charge on any atom is 0.228 e. The van der Waals surface area contributed by atoms with Crippen molar-refractivity contribution in [3.05, 3.63) is 40.9 Å². The highest BCUT2D eigenvalue weighted by atomic mass is 32.2. The van der Waals surface area contributed by atoms with Gasteiger partial charge in [0.15, 0.2) is 0 Å².